The van der Waals surface area contributed by atoms with Gasteiger partial charge in [-0.15, -0.1) is 5.98 Å². The minimum Gasteiger partial charge on any atom is -0.445 e. The Morgan fingerprint density at radius 3 is 2.13 bits per heavy atom. The predicted octanol–water partition coefficient (Wildman–Crippen LogP) is 4.13. The molecule has 0 spiro atoms. The van der Waals surface area contributed by atoms with Gasteiger partial charge in [0.05, 0.1) is 0 Å². The lowest BCUT2D eigenvalue weighted by atomic mass is 9.90. The second kappa shape index (κ2) is 4.34. The molecule has 7 heteroatoms. The normalized spacial score (nSPS) is 12.4. The van der Waals surface area contributed by atoms with Crippen molar-refractivity contribution in [1.29, 1.82) is 0 Å². The third-order valence-corrected chi connectivity index (χ3v) is 2.22. The van der Waals surface area contributed by atoms with E-state index in [1.54, 1.807) is 0 Å². The Bertz CT molecular complexity index is 399. The Hall–Kier alpha value is -0.845. The van der Waals surface area contributed by atoms with Gasteiger partial charge in [0, 0.05) is 4.47 Å². The van der Waals surface area contributed by atoms with Crippen LogP contribution < -0.4 is 0 Å². The van der Waals surface area contributed by atoms with Crippen molar-refractivity contribution in [3.63, 3.8) is 0 Å². The summed E-state index contributed by atoms with van der Waals surface area (Å²) in [5, 5.41) is 0. The molecule has 0 aliphatic carbocycles. The van der Waals surface area contributed by atoms with E-state index >= 15 is 0 Å². The molecule has 15 heavy (non-hydrogen) atoms. The lowest BCUT2D eigenvalue weighted by Gasteiger charge is -2.07. The standard InChI is InChI=1S/C8H4BBrF5/c10-6-4-8(12)7(11)3-5(6)1-2-9(13,14)15/h1-4H/q-1/b2-1+. The molecule has 1 rings (SSSR count). The predicted molar refractivity (Wildman–Crippen MR) is 52.2 cm³/mol. The smallest absolute Gasteiger partial charge is 0.445 e. The van der Waals surface area contributed by atoms with Crippen molar-refractivity contribution in [2.45, 2.75) is 0 Å². The molecule has 0 N–H and O–H groups in total. The van der Waals surface area contributed by atoms with Gasteiger partial charge in [-0.25, -0.2) is 8.78 Å². The third kappa shape index (κ3) is 3.66. The van der Waals surface area contributed by atoms with Gasteiger partial charge in [-0.3, -0.25) is 0 Å². The summed E-state index contributed by atoms with van der Waals surface area (Å²) < 4.78 is 60.9. The Morgan fingerprint density at radius 1 is 1.07 bits per heavy atom. The lowest BCUT2D eigenvalue weighted by molar-refractivity contribution is 0.499. The van der Waals surface area contributed by atoms with E-state index in [9.17, 15) is 21.7 Å². The van der Waals surface area contributed by atoms with Crippen LogP contribution in [0, 0.1) is 11.6 Å². The zero-order valence-corrected chi connectivity index (χ0v) is 8.74. The minimum absolute atomic E-state index is 0.0113. The number of rotatable bonds is 2. The Labute approximate surface area is 91.0 Å². The zero-order chi connectivity index (χ0) is 11.6. The molecule has 0 aromatic heterocycles. The minimum atomic E-state index is -5.08. The zero-order valence-electron chi connectivity index (χ0n) is 7.15. The number of benzene rings is 1. The molecule has 0 amide bonds. The molecule has 0 saturated heterocycles. The summed E-state index contributed by atoms with van der Waals surface area (Å²) in [6.07, 6.45) is 0.687. The molecule has 0 bridgehead atoms. The van der Waals surface area contributed by atoms with Gasteiger partial charge in [0.15, 0.2) is 11.6 Å². The van der Waals surface area contributed by atoms with Crippen LogP contribution in [0.2, 0.25) is 0 Å². The van der Waals surface area contributed by atoms with Crippen LogP contribution in [0.15, 0.2) is 22.6 Å². The van der Waals surface area contributed by atoms with Crippen LogP contribution in [0.3, 0.4) is 0 Å². The molecule has 0 radical (unpaired) electrons. The second-order valence-electron chi connectivity index (χ2n) is 2.77. The van der Waals surface area contributed by atoms with E-state index in [-0.39, 0.29) is 16.0 Å². The molecular formula is C8H4BBrF5-. The van der Waals surface area contributed by atoms with E-state index in [1.807, 2.05) is 0 Å². The van der Waals surface area contributed by atoms with Crippen LogP contribution in [-0.4, -0.2) is 6.98 Å². The van der Waals surface area contributed by atoms with Crippen LogP contribution in [0.1, 0.15) is 5.56 Å². The maximum atomic E-state index is 12.7. The molecule has 0 aliphatic rings. The maximum Gasteiger partial charge on any atom is 0.502 e. The van der Waals surface area contributed by atoms with Crippen LogP contribution in [-0.2, 0) is 0 Å². The summed E-state index contributed by atoms with van der Waals surface area (Å²) >= 11 is 2.83. The quantitative estimate of drug-likeness (QED) is 0.435. The van der Waals surface area contributed by atoms with Gasteiger partial charge < -0.3 is 12.9 Å². The first kappa shape index (κ1) is 12.2. The van der Waals surface area contributed by atoms with Crippen LogP contribution in [0.4, 0.5) is 21.7 Å². The van der Waals surface area contributed by atoms with Crippen molar-refractivity contribution in [3.05, 3.63) is 39.8 Å². The molecule has 0 unspecified atom stereocenters. The van der Waals surface area contributed by atoms with Crippen molar-refractivity contribution in [2.24, 2.45) is 0 Å². The van der Waals surface area contributed by atoms with Gasteiger partial charge in [-0.2, -0.15) is 0 Å². The molecule has 0 heterocycles. The Balaban J connectivity index is 3.06. The van der Waals surface area contributed by atoms with Crippen molar-refractivity contribution in [3.8, 4) is 0 Å². The fraction of sp³-hybridized carbons (Fsp3) is 0. The topological polar surface area (TPSA) is 0 Å². The Kier molecular flexibility index (Phi) is 3.54. The van der Waals surface area contributed by atoms with Crippen molar-refractivity contribution in [2.75, 3.05) is 0 Å². The molecule has 0 fully saturated rings. The number of hydrogen-bond acceptors (Lipinski definition) is 0. The fourth-order valence-corrected chi connectivity index (χ4v) is 1.33. The average Bonchev–Trinajstić information content (AvgIpc) is 2.07. The van der Waals surface area contributed by atoms with E-state index < -0.39 is 18.6 Å². The maximum absolute atomic E-state index is 12.7. The average molecular weight is 286 g/mol. The highest BCUT2D eigenvalue weighted by molar-refractivity contribution is 9.10. The largest absolute Gasteiger partial charge is 0.502 e. The van der Waals surface area contributed by atoms with E-state index in [2.05, 4.69) is 15.9 Å². The highest BCUT2D eigenvalue weighted by atomic mass is 79.9. The van der Waals surface area contributed by atoms with Crippen LogP contribution in [0.5, 0.6) is 0 Å². The molecule has 82 valence electrons. The van der Waals surface area contributed by atoms with Crippen molar-refractivity contribution < 1.29 is 21.7 Å². The van der Waals surface area contributed by atoms with E-state index in [1.165, 1.54) is 0 Å². The first-order valence-corrected chi connectivity index (χ1v) is 4.62. The monoisotopic (exact) mass is 285 g/mol. The first-order valence-electron chi connectivity index (χ1n) is 3.83. The van der Waals surface area contributed by atoms with Crippen molar-refractivity contribution >= 4 is 29.0 Å². The summed E-state index contributed by atoms with van der Waals surface area (Å²) in [6.45, 7) is -5.08. The fourth-order valence-electron chi connectivity index (χ4n) is 0.878. The number of hydrogen-bond donors (Lipinski definition) is 0. The number of halogens is 6. The summed E-state index contributed by atoms with van der Waals surface area (Å²) in [7, 11) is 0. The summed E-state index contributed by atoms with van der Waals surface area (Å²) in [5.41, 5.74) is -0.0619. The molecule has 1 aromatic carbocycles. The lowest BCUT2D eigenvalue weighted by Crippen LogP contribution is -2.09. The summed E-state index contributed by atoms with van der Waals surface area (Å²) in [6, 6.07) is 1.47. The van der Waals surface area contributed by atoms with Gasteiger partial charge >= 0.3 is 6.98 Å². The van der Waals surface area contributed by atoms with E-state index in [0.717, 1.165) is 6.07 Å². The molecular weight excluding hydrogens is 282 g/mol. The summed E-state index contributed by atoms with van der Waals surface area (Å²) in [5.74, 6) is -2.29. The van der Waals surface area contributed by atoms with Gasteiger partial charge in [0.1, 0.15) is 0 Å². The van der Waals surface area contributed by atoms with Gasteiger partial charge in [-0.1, -0.05) is 22.0 Å². The highest BCUT2D eigenvalue weighted by Crippen LogP contribution is 2.23. The molecule has 0 nitrogen and oxygen atoms in total. The third-order valence-electron chi connectivity index (χ3n) is 1.53. The van der Waals surface area contributed by atoms with E-state index in [0.29, 0.717) is 12.1 Å². The van der Waals surface area contributed by atoms with Crippen LogP contribution >= 0.6 is 15.9 Å². The SMILES string of the molecule is Fc1cc(Br)c(/C=C/[B-](F)(F)F)cc1F. The molecule has 1 aromatic rings. The molecule has 0 saturated carbocycles. The van der Waals surface area contributed by atoms with Gasteiger partial charge in [0.25, 0.3) is 0 Å². The van der Waals surface area contributed by atoms with Gasteiger partial charge in [-0.05, 0) is 17.7 Å². The Morgan fingerprint density at radius 2 is 1.60 bits per heavy atom. The second-order valence-corrected chi connectivity index (χ2v) is 3.63. The molecule has 0 atom stereocenters. The van der Waals surface area contributed by atoms with Gasteiger partial charge in [0.2, 0.25) is 0 Å². The summed E-state index contributed by atoms with van der Waals surface area (Å²) in [4.78, 5) is 0. The van der Waals surface area contributed by atoms with Crippen LogP contribution in [0.25, 0.3) is 6.08 Å². The van der Waals surface area contributed by atoms with E-state index in [4.69, 9.17) is 0 Å². The van der Waals surface area contributed by atoms with Crippen molar-refractivity contribution in [1.82, 2.24) is 0 Å². The first-order chi connectivity index (χ1) is 6.79. The highest BCUT2D eigenvalue weighted by Gasteiger charge is 2.17. The molecule has 0 aliphatic heterocycles.